The lowest BCUT2D eigenvalue weighted by molar-refractivity contribution is -0.123. The Kier molecular flexibility index (Phi) is 3.88. The summed E-state index contributed by atoms with van der Waals surface area (Å²) in [5.74, 6) is -0.495. The average Bonchev–Trinajstić information content (AvgIpc) is 3.16. The van der Waals surface area contributed by atoms with Gasteiger partial charge in [0.1, 0.15) is 11.6 Å². The molecule has 0 bridgehead atoms. The van der Waals surface area contributed by atoms with Crippen molar-refractivity contribution in [2.75, 3.05) is 0 Å². The molecular weight excluding hydrogens is 316 g/mol. The lowest BCUT2D eigenvalue weighted by Gasteiger charge is -2.17. The Balaban J connectivity index is 1.77. The van der Waals surface area contributed by atoms with Gasteiger partial charge in [-0.05, 0) is 25.0 Å². The number of aromatic nitrogens is 1. The molecule has 2 aromatic rings. The van der Waals surface area contributed by atoms with Crippen LogP contribution in [0.25, 0.3) is 10.2 Å². The molecule has 1 aliphatic carbocycles. The molecule has 2 amide bonds. The Bertz CT molecular complexity index is 773. The van der Waals surface area contributed by atoms with Crippen LogP contribution in [0, 0.1) is 11.3 Å². The molecule has 1 atom stereocenters. The first-order chi connectivity index (χ1) is 11.0. The van der Waals surface area contributed by atoms with Crippen LogP contribution < -0.4 is 10.6 Å². The van der Waals surface area contributed by atoms with Crippen LogP contribution in [0.3, 0.4) is 0 Å². The predicted octanol–water partition coefficient (Wildman–Crippen LogP) is 1.65. The van der Waals surface area contributed by atoms with Gasteiger partial charge in [0.25, 0.3) is 0 Å². The van der Waals surface area contributed by atoms with Crippen LogP contribution in [-0.2, 0) is 11.2 Å². The van der Waals surface area contributed by atoms with Gasteiger partial charge in [-0.1, -0.05) is 12.1 Å². The molecule has 23 heavy (non-hydrogen) atoms. The second-order valence-corrected chi connectivity index (χ2v) is 6.58. The van der Waals surface area contributed by atoms with Gasteiger partial charge in [-0.3, -0.25) is 4.79 Å². The molecule has 7 nitrogen and oxygen atoms in total. The molecule has 118 valence electrons. The minimum Gasteiger partial charge on any atom is -0.465 e. The number of thiazole rings is 1. The largest absolute Gasteiger partial charge is 0.465 e. The number of carboxylic acid groups (broad SMARTS) is 1. The molecule has 1 aliphatic rings. The van der Waals surface area contributed by atoms with Gasteiger partial charge in [0.15, 0.2) is 0 Å². The van der Waals surface area contributed by atoms with Gasteiger partial charge < -0.3 is 15.7 Å². The van der Waals surface area contributed by atoms with Crippen molar-refractivity contribution in [3.63, 3.8) is 0 Å². The average molecular weight is 330 g/mol. The second kappa shape index (κ2) is 5.85. The molecule has 0 radical (unpaired) electrons. The lowest BCUT2D eigenvalue weighted by atomic mass is 10.1. The summed E-state index contributed by atoms with van der Waals surface area (Å²) in [7, 11) is 0. The van der Waals surface area contributed by atoms with E-state index in [1.165, 1.54) is 11.3 Å². The summed E-state index contributed by atoms with van der Waals surface area (Å²) >= 11 is 1.42. The Labute approximate surface area is 135 Å². The Morgan fingerprint density at radius 2 is 2.17 bits per heavy atom. The fourth-order valence-electron chi connectivity index (χ4n) is 2.25. The van der Waals surface area contributed by atoms with Crippen molar-refractivity contribution in [1.82, 2.24) is 15.6 Å². The zero-order valence-corrected chi connectivity index (χ0v) is 12.9. The number of para-hydroxylation sites is 1. The summed E-state index contributed by atoms with van der Waals surface area (Å²) in [4.78, 5) is 27.7. The highest BCUT2D eigenvalue weighted by atomic mass is 32.1. The van der Waals surface area contributed by atoms with Crippen LogP contribution in [0.15, 0.2) is 24.3 Å². The fraction of sp³-hybridized carbons (Fsp3) is 0.333. The van der Waals surface area contributed by atoms with Gasteiger partial charge in [0, 0.05) is 6.42 Å². The number of hydrogen-bond acceptors (Lipinski definition) is 5. The van der Waals surface area contributed by atoms with Crippen LogP contribution in [0.4, 0.5) is 4.79 Å². The molecule has 0 spiro atoms. The molecule has 0 saturated heterocycles. The van der Waals surface area contributed by atoms with E-state index in [4.69, 9.17) is 10.4 Å². The van der Waals surface area contributed by atoms with E-state index in [0.29, 0.717) is 17.8 Å². The first-order valence-corrected chi connectivity index (χ1v) is 7.90. The van der Waals surface area contributed by atoms with E-state index >= 15 is 0 Å². The number of benzene rings is 1. The van der Waals surface area contributed by atoms with Crippen LogP contribution in [0.2, 0.25) is 0 Å². The second-order valence-electron chi connectivity index (χ2n) is 5.46. The maximum atomic E-state index is 12.3. The number of nitrogens with one attached hydrogen (secondary N) is 2. The van der Waals surface area contributed by atoms with Crippen molar-refractivity contribution in [3.8, 4) is 6.07 Å². The number of carbonyl (C=O) groups excluding carboxylic acids is 1. The van der Waals surface area contributed by atoms with Crippen molar-refractivity contribution < 1.29 is 14.7 Å². The summed E-state index contributed by atoms with van der Waals surface area (Å²) < 4.78 is 0.979. The first kappa shape index (κ1) is 15.2. The van der Waals surface area contributed by atoms with E-state index < -0.39 is 23.6 Å². The maximum absolute atomic E-state index is 12.3. The first-order valence-electron chi connectivity index (χ1n) is 7.08. The number of nitrogens with zero attached hydrogens (tertiary/aromatic N) is 2. The fourth-order valence-corrected chi connectivity index (χ4v) is 3.27. The highest BCUT2D eigenvalue weighted by Crippen LogP contribution is 2.34. The van der Waals surface area contributed by atoms with Crippen molar-refractivity contribution in [2.45, 2.75) is 30.8 Å². The number of fused-ring (bicyclic) bond motifs is 1. The maximum Gasteiger partial charge on any atom is 0.405 e. The van der Waals surface area contributed by atoms with Gasteiger partial charge in [-0.15, -0.1) is 11.3 Å². The quantitative estimate of drug-likeness (QED) is 0.771. The van der Waals surface area contributed by atoms with Gasteiger partial charge in [-0.2, -0.15) is 5.26 Å². The standard InChI is InChI=1S/C15H14N4O3S/c16-8-15(5-6-15)19-13(20)10(18-14(21)22)7-12-17-9-3-1-2-4-11(9)23-12/h1-4,10,18H,5-7H2,(H,19,20)(H,21,22). The molecule has 3 rings (SSSR count). The lowest BCUT2D eigenvalue weighted by Crippen LogP contribution is -2.51. The smallest absolute Gasteiger partial charge is 0.405 e. The molecule has 1 fully saturated rings. The molecule has 0 aliphatic heterocycles. The molecule has 1 aromatic carbocycles. The highest BCUT2D eigenvalue weighted by molar-refractivity contribution is 7.18. The minimum atomic E-state index is -1.28. The highest BCUT2D eigenvalue weighted by Gasteiger charge is 2.45. The van der Waals surface area contributed by atoms with Crippen LogP contribution in [-0.4, -0.2) is 33.7 Å². The molecule has 3 N–H and O–H groups in total. The number of nitriles is 1. The number of amides is 2. The molecule has 1 saturated carbocycles. The minimum absolute atomic E-state index is 0.152. The molecule has 1 unspecified atom stereocenters. The summed E-state index contributed by atoms with van der Waals surface area (Å²) in [6, 6.07) is 8.64. The SMILES string of the molecule is N#CC1(NC(=O)C(Cc2nc3ccccc3s2)NC(=O)O)CC1. The van der Waals surface area contributed by atoms with E-state index in [-0.39, 0.29) is 6.42 Å². The van der Waals surface area contributed by atoms with Gasteiger partial charge in [-0.25, -0.2) is 9.78 Å². The van der Waals surface area contributed by atoms with E-state index in [0.717, 1.165) is 10.2 Å². The zero-order valence-electron chi connectivity index (χ0n) is 12.1. The van der Waals surface area contributed by atoms with Crippen molar-refractivity contribution in [3.05, 3.63) is 29.3 Å². The topological polar surface area (TPSA) is 115 Å². The van der Waals surface area contributed by atoms with Gasteiger partial charge >= 0.3 is 6.09 Å². The van der Waals surface area contributed by atoms with E-state index in [9.17, 15) is 9.59 Å². The molecule has 1 heterocycles. The molecule has 8 heteroatoms. The Morgan fingerprint density at radius 1 is 1.43 bits per heavy atom. The molecular formula is C15H14N4O3S. The summed E-state index contributed by atoms with van der Waals surface area (Å²) in [6.45, 7) is 0. The molecule has 1 aromatic heterocycles. The third kappa shape index (κ3) is 3.40. The van der Waals surface area contributed by atoms with Crippen molar-refractivity contribution >= 4 is 33.6 Å². The Morgan fingerprint density at radius 3 is 2.78 bits per heavy atom. The van der Waals surface area contributed by atoms with E-state index in [2.05, 4.69) is 21.7 Å². The van der Waals surface area contributed by atoms with Gasteiger partial charge in [0.2, 0.25) is 5.91 Å². The van der Waals surface area contributed by atoms with Crippen molar-refractivity contribution in [1.29, 1.82) is 5.26 Å². The third-order valence-corrected chi connectivity index (χ3v) is 4.72. The van der Waals surface area contributed by atoms with Crippen LogP contribution >= 0.6 is 11.3 Å². The van der Waals surface area contributed by atoms with Crippen molar-refractivity contribution in [2.24, 2.45) is 0 Å². The van der Waals surface area contributed by atoms with E-state index in [1.807, 2.05) is 24.3 Å². The zero-order chi connectivity index (χ0) is 16.4. The Hall–Kier alpha value is -2.66. The predicted molar refractivity (Wildman–Crippen MR) is 84.0 cm³/mol. The summed E-state index contributed by atoms with van der Waals surface area (Å²) in [5, 5.41) is 23.5. The monoisotopic (exact) mass is 330 g/mol. The van der Waals surface area contributed by atoms with E-state index in [1.54, 1.807) is 0 Å². The normalized spacial score (nSPS) is 16.3. The van der Waals surface area contributed by atoms with Crippen LogP contribution in [0.1, 0.15) is 17.8 Å². The number of carbonyl (C=O) groups is 2. The number of rotatable bonds is 5. The summed E-state index contributed by atoms with van der Waals surface area (Å²) in [6.07, 6.45) is 0.0544. The number of hydrogen-bond donors (Lipinski definition) is 3. The summed E-state index contributed by atoms with van der Waals surface area (Å²) in [5.41, 5.74) is -0.0130. The van der Waals surface area contributed by atoms with Gasteiger partial charge in [0.05, 0.1) is 21.3 Å². The third-order valence-electron chi connectivity index (χ3n) is 3.66. The van der Waals surface area contributed by atoms with Crippen LogP contribution in [0.5, 0.6) is 0 Å².